The van der Waals surface area contributed by atoms with E-state index in [1.807, 2.05) is 0 Å². The van der Waals surface area contributed by atoms with E-state index in [0.29, 0.717) is 30.9 Å². The predicted octanol–water partition coefficient (Wildman–Crippen LogP) is 1.69. The molecule has 0 N–H and O–H groups in total. The zero-order valence-electron chi connectivity index (χ0n) is 7.46. The molecular weight excluding hydrogens is 176 g/mol. The van der Waals surface area contributed by atoms with Crippen LogP contribution in [0.4, 0.5) is 0 Å². The van der Waals surface area contributed by atoms with Crippen molar-refractivity contribution in [3.8, 4) is 0 Å². The van der Waals surface area contributed by atoms with Crippen LogP contribution in [0.15, 0.2) is 0 Å². The Bertz CT molecular complexity index is 156. The molecule has 0 spiro atoms. The lowest BCUT2D eigenvalue weighted by molar-refractivity contribution is -0.143. The molecule has 0 aromatic carbocycles. The van der Waals surface area contributed by atoms with Gasteiger partial charge in [0, 0.05) is 12.8 Å². The first-order chi connectivity index (χ1) is 5.70. The molecule has 0 aliphatic carbocycles. The molecule has 0 unspecified atom stereocenters. The summed E-state index contributed by atoms with van der Waals surface area (Å²) in [4.78, 5) is 10.8. The van der Waals surface area contributed by atoms with Crippen molar-refractivity contribution >= 4 is 23.2 Å². The third kappa shape index (κ3) is 6.09. The van der Waals surface area contributed by atoms with E-state index in [4.69, 9.17) is 21.7 Å². The Morgan fingerprint density at radius 2 is 2.08 bits per heavy atom. The zero-order chi connectivity index (χ0) is 9.40. The fourth-order valence-electron chi connectivity index (χ4n) is 0.712. The van der Waals surface area contributed by atoms with Gasteiger partial charge in [-0.1, -0.05) is 0 Å². The largest absolute Gasteiger partial charge is 0.490 e. The van der Waals surface area contributed by atoms with Crippen LogP contribution in [-0.2, 0) is 14.3 Å². The van der Waals surface area contributed by atoms with Crippen LogP contribution in [0.1, 0.15) is 26.2 Å². The average Bonchev–Trinajstić information content (AvgIpc) is 2.04. The van der Waals surface area contributed by atoms with Gasteiger partial charge in [0.05, 0.1) is 13.7 Å². The molecule has 0 radical (unpaired) electrons. The maximum atomic E-state index is 10.8. The third-order valence-electron chi connectivity index (χ3n) is 1.29. The van der Waals surface area contributed by atoms with Crippen molar-refractivity contribution < 1.29 is 14.3 Å². The van der Waals surface area contributed by atoms with Crippen LogP contribution in [0.2, 0.25) is 0 Å². The predicted molar refractivity (Wildman–Crippen MR) is 50.1 cm³/mol. The maximum Gasteiger partial charge on any atom is 0.305 e. The van der Waals surface area contributed by atoms with E-state index in [2.05, 4.69) is 0 Å². The number of carbonyl (C=O) groups excluding carboxylic acids is 1. The SMILES string of the molecule is CCOC(=O)CCCC(=S)OC. The fraction of sp³-hybridized carbons (Fsp3) is 0.750. The van der Waals surface area contributed by atoms with Crippen LogP contribution in [0.25, 0.3) is 0 Å². The summed E-state index contributed by atoms with van der Waals surface area (Å²) in [6.07, 6.45) is 1.76. The molecule has 0 bridgehead atoms. The number of thiocarbonyl (C=S) groups is 1. The van der Waals surface area contributed by atoms with Gasteiger partial charge in [0.15, 0.2) is 5.05 Å². The number of rotatable bonds is 5. The number of esters is 1. The number of hydrogen-bond donors (Lipinski definition) is 0. The average molecular weight is 190 g/mol. The summed E-state index contributed by atoms with van der Waals surface area (Å²) >= 11 is 4.80. The Balaban J connectivity index is 3.30. The first kappa shape index (κ1) is 11.4. The Hall–Kier alpha value is -0.640. The van der Waals surface area contributed by atoms with Gasteiger partial charge in [0.25, 0.3) is 0 Å². The number of hydrogen-bond acceptors (Lipinski definition) is 4. The van der Waals surface area contributed by atoms with E-state index < -0.39 is 0 Å². The van der Waals surface area contributed by atoms with Gasteiger partial charge in [-0.2, -0.15) is 0 Å². The summed E-state index contributed by atoms with van der Waals surface area (Å²) in [6.45, 7) is 2.23. The Kier molecular flexibility index (Phi) is 6.66. The second-order valence-electron chi connectivity index (χ2n) is 2.23. The van der Waals surface area contributed by atoms with Crippen molar-refractivity contribution in [2.75, 3.05) is 13.7 Å². The normalized spacial score (nSPS) is 9.17. The van der Waals surface area contributed by atoms with Gasteiger partial charge in [-0.3, -0.25) is 4.79 Å². The highest BCUT2D eigenvalue weighted by atomic mass is 32.1. The second kappa shape index (κ2) is 7.03. The highest BCUT2D eigenvalue weighted by molar-refractivity contribution is 7.80. The van der Waals surface area contributed by atoms with E-state index in [1.54, 1.807) is 6.92 Å². The van der Waals surface area contributed by atoms with Crippen LogP contribution >= 0.6 is 12.2 Å². The minimum Gasteiger partial charge on any atom is -0.490 e. The molecule has 0 saturated carbocycles. The smallest absolute Gasteiger partial charge is 0.305 e. The Morgan fingerprint density at radius 1 is 1.42 bits per heavy atom. The number of carbonyl (C=O) groups is 1. The van der Waals surface area contributed by atoms with E-state index in [9.17, 15) is 4.79 Å². The highest BCUT2D eigenvalue weighted by Crippen LogP contribution is 2.00. The van der Waals surface area contributed by atoms with E-state index in [0.717, 1.165) is 0 Å². The van der Waals surface area contributed by atoms with Crippen molar-refractivity contribution in [3.63, 3.8) is 0 Å². The first-order valence-corrected chi connectivity index (χ1v) is 4.34. The standard InChI is InChI=1S/C8H14O3S/c1-3-11-7(9)5-4-6-8(12)10-2/h3-6H2,1-2H3. The lowest BCUT2D eigenvalue weighted by Crippen LogP contribution is -2.05. The number of ether oxygens (including phenoxy) is 2. The lowest BCUT2D eigenvalue weighted by Gasteiger charge is -2.02. The molecule has 0 aromatic rings. The molecule has 3 nitrogen and oxygen atoms in total. The van der Waals surface area contributed by atoms with Crippen LogP contribution in [0, 0.1) is 0 Å². The topological polar surface area (TPSA) is 35.5 Å². The van der Waals surface area contributed by atoms with Crippen LogP contribution in [-0.4, -0.2) is 24.7 Å². The van der Waals surface area contributed by atoms with Gasteiger partial charge < -0.3 is 9.47 Å². The first-order valence-electron chi connectivity index (χ1n) is 3.93. The van der Waals surface area contributed by atoms with Gasteiger partial charge in [-0.25, -0.2) is 0 Å². The van der Waals surface area contributed by atoms with Gasteiger partial charge in [0.1, 0.15) is 0 Å². The van der Waals surface area contributed by atoms with Crippen LogP contribution in [0.3, 0.4) is 0 Å². The molecule has 0 saturated heterocycles. The van der Waals surface area contributed by atoms with Gasteiger partial charge >= 0.3 is 5.97 Å². The van der Waals surface area contributed by atoms with E-state index in [-0.39, 0.29) is 5.97 Å². The molecule has 4 heteroatoms. The van der Waals surface area contributed by atoms with E-state index >= 15 is 0 Å². The monoisotopic (exact) mass is 190 g/mol. The quantitative estimate of drug-likeness (QED) is 0.488. The third-order valence-corrected chi connectivity index (χ3v) is 1.67. The van der Waals surface area contributed by atoms with Crippen molar-refractivity contribution in [1.29, 1.82) is 0 Å². The molecule has 0 aromatic heterocycles. The van der Waals surface area contributed by atoms with Crippen molar-refractivity contribution in [1.82, 2.24) is 0 Å². The summed E-state index contributed by atoms with van der Waals surface area (Å²) in [7, 11) is 1.53. The molecule has 12 heavy (non-hydrogen) atoms. The minimum atomic E-state index is -0.170. The lowest BCUT2D eigenvalue weighted by atomic mass is 10.2. The van der Waals surface area contributed by atoms with Crippen LogP contribution in [0.5, 0.6) is 0 Å². The zero-order valence-corrected chi connectivity index (χ0v) is 8.28. The summed E-state index contributed by atoms with van der Waals surface area (Å²) in [5, 5.41) is 0.541. The molecule has 70 valence electrons. The van der Waals surface area contributed by atoms with Crippen molar-refractivity contribution in [2.24, 2.45) is 0 Å². The fourth-order valence-corrected chi connectivity index (χ4v) is 0.857. The molecule has 0 amide bonds. The summed E-state index contributed by atoms with van der Waals surface area (Å²) in [5.41, 5.74) is 0. The highest BCUT2D eigenvalue weighted by Gasteiger charge is 2.02. The molecular formula is C8H14O3S. The maximum absolute atomic E-state index is 10.8. The molecule has 0 rings (SSSR count). The van der Waals surface area contributed by atoms with Gasteiger partial charge in [-0.05, 0) is 25.6 Å². The Labute approximate surface area is 78.0 Å². The summed E-state index contributed by atoms with van der Waals surface area (Å²) < 4.78 is 9.51. The van der Waals surface area contributed by atoms with Crippen molar-refractivity contribution in [2.45, 2.75) is 26.2 Å². The number of methoxy groups -OCH3 is 1. The molecule has 0 fully saturated rings. The molecule has 0 aliphatic heterocycles. The van der Waals surface area contributed by atoms with E-state index in [1.165, 1.54) is 7.11 Å². The molecule has 0 aliphatic rings. The van der Waals surface area contributed by atoms with Gasteiger partial charge in [0.2, 0.25) is 0 Å². The second-order valence-corrected chi connectivity index (χ2v) is 2.69. The molecule has 0 heterocycles. The van der Waals surface area contributed by atoms with Gasteiger partial charge in [-0.15, -0.1) is 0 Å². The minimum absolute atomic E-state index is 0.170. The summed E-state index contributed by atoms with van der Waals surface area (Å²) in [6, 6.07) is 0. The summed E-state index contributed by atoms with van der Waals surface area (Å²) in [5.74, 6) is -0.170. The molecule has 0 atom stereocenters. The van der Waals surface area contributed by atoms with Crippen molar-refractivity contribution in [3.05, 3.63) is 0 Å². The van der Waals surface area contributed by atoms with Crippen LogP contribution < -0.4 is 0 Å². The Morgan fingerprint density at radius 3 is 2.58 bits per heavy atom.